The largest absolute Gasteiger partial charge is 0.340 e. The molecular formula is C18H26N4O2. The lowest BCUT2D eigenvalue weighted by atomic mass is 10.0. The standard InChI is InChI=1S/C18H26N4O2/c1-2-16-19-7-9-21(16)15-4-3-8-20(12-15)18(24)13-10-17(23)22(11-13)14-5-6-14/h7,9,13-15H,2-6,8,10-12H2,1H3/t13-,15+/m1/s1. The number of hydrogen-bond acceptors (Lipinski definition) is 3. The molecule has 2 saturated heterocycles. The zero-order valence-electron chi connectivity index (χ0n) is 14.4. The predicted molar refractivity (Wildman–Crippen MR) is 89.3 cm³/mol. The Balaban J connectivity index is 1.42. The number of nitrogens with zero attached hydrogens (tertiary/aromatic N) is 4. The molecule has 2 amide bonds. The molecule has 0 aromatic carbocycles. The molecule has 130 valence electrons. The molecule has 24 heavy (non-hydrogen) atoms. The fourth-order valence-corrected chi connectivity index (χ4v) is 4.23. The van der Waals surface area contributed by atoms with Crippen LogP contribution in [0.15, 0.2) is 12.4 Å². The molecule has 1 aliphatic carbocycles. The highest BCUT2D eigenvalue weighted by Crippen LogP contribution is 2.34. The van der Waals surface area contributed by atoms with Crippen molar-refractivity contribution in [2.24, 2.45) is 5.92 Å². The number of aryl methyl sites for hydroxylation is 1. The van der Waals surface area contributed by atoms with Gasteiger partial charge in [0.15, 0.2) is 0 Å². The zero-order chi connectivity index (χ0) is 16.7. The van der Waals surface area contributed by atoms with E-state index in [-0.39, 0.29) is 17.7 Å². The molecule has 3 fully saturated rings. The predicted octanol–water partition coefficient (Wildman–Crippen LogP) is 1.62. The number of imidazole rings is 1. The summed E-state index contributed by atoms with van der Waals surface area (Å²) in [5.74, 6) is 1.30. The van der Waals surface area contributed by atoms with Crippen molar-refractivity contribution in [3.63, 3.8) is 0 Å². The van der Waals surface area contributed by atoms with E-state index in [4.69, 9.17) is 0 Å². The number of rotatable bonds is 4. The van der Waals surface area contributed by atoms with E-state index in [0.29, 0.717) is 25.0 Å². The fourth-order valence-electron chi connectivity index (χ4n) is 4.23. The average molecular weight is 330 g/mol. The SMILES string of the molecule is CCc1nccn1[C@H]1CCCN(C(=O)[C@@H]2CC(=O)N(C3CC3)C2)C1. The van der Waals surface area contributed by atoms with Crippen molar-refractivity contribution in [3.05, 3.63) is 18.2 Å². The molecule has 1 aromatic rings. The van der Waals surface area contributed by atoms with Gasteiger partial charge in [-0.25, -0.2) is 4.98 Å². The lowest BCUT2D eigenvalue weighted by Crippen LogP contribution is -2.44. The Morgan fingerprint density at radius 1 is 1.25 bits per heavy atom. The van der Waals surface area contributed by atoms with E-state index in [1.165, 1.54) is 0 Å². The van der Waals surface area contributed by atoms with E-state index >= 15 is 0 Å². The molecule has 2 aliphatic heterocycles. The van der Waals surface area contributed by atoms with Gasteiger partial charge in [-0.2, -0.15) is 0 Å². The van der Waals surface area contributed by atoms with Gasteiger partial charge in [0.05, 0.1) is 12.0 Å². The molecule has 0 spiro atoms. The quantitative estimate of drug-likeness (QED) is 0.843. The van der Waals surface area contributed by atoms with E-state index < -0.39 is 0 Å². The zero-order valence-corrected chi connectivity index (χ0v) is 14.4. The lowest BCUT2D eigenvalue weighted by Gasteiger charge is -2.35. The molecule has 6 heteroatoms. The van der Waals surface area contributed by atoms with Crippen LogP contribution in [0.4, 0.5) is 0 Å². The molecule has 0 unspecified atom stereocenters. The van der Waals surface area contributed by atoms with Crippen LogP contribution < -0.4 is 0 Å². The van der Waals surface area contributed by atoms with E-state index in [1.54, 1.807) is 0 Å². The lowest BCUT2D eigenvalue weighted by molar-refractivity contribution is -0.137. The van der Waals surface area contributed by atoms with Gasteiger partial charge in [0.1, 0.15) is 5.82 Å². The van der Waals surface area contributed by atoms with Gasteiger partial charge in [0, 0.05) is 50.9 Å². The highest BCUT2D eigenvalue weighted by molar-refractivity contribution is 5.89. The van der Waals surface area contributed by atoms with Crippen LogP contribution in [-0.2, 0) is 16.0 Å². The van der Waals surface area contributed by atoms with Gasteiger partial charge in [-0.15, -0.1) is 0 Å². The van der Waals surface area contributed by atoms with Crippen molar-refractivity contribution < 1.29 is 9.59 Å². The van der Waals surface area contributed by atoms with Crippen LogP contribution in [0, 0.1) is 5.92 Å². The topological polar surface area (TPSA) is 58.4 Å². The van der Waals surface area contributed by atoms with Gasteiger partial charge in [-0.05, 0) is 25.7 Å². The Morgan fingerprint density at radius 2 is 2.08 bits per heavy atom. The molecule has 0 bridgehead atoms. The average Bonchev–Trinajstić information content (AvgIpc) is 3.20. The fraction of sp³-hybridized carbons (Fsp3) is 0.722. The molecule has 1 saturated carbocycles. The first-order chi connectivity index (χ1) is 11.7. The molecule has 6 nitrogen and oxygen atoms in total. The van der Waals surface area contributed by atoms with Crippen molar-refractivity contribution in [2.45, 2.75) is 57.5 Å². The van der Waals surface area contributed by atoms with Crippen molar-refractivity contribution in [1.82, 2.24) is 19.4 Å². The second-order valence-corrected chi connectivity index (χ2v) is 7.36. The highest BCUT2D eigenvalue weighted by atomic mass is 16.2. The number of piperidine rings is 1. The molecule has 1 aromatic heterocycles. The number of aromatic nitrogens is 2. The smallest absolute Gasteiger partial charge is 0.228 e. The summed E-state index contributed by atoms with van der Waals surface area (Å²) >= 11 is 0. The van der Waals surface area contributed by atoms with Crippen LogP contribution in [0.2, 0.25) is 0 Å². The van der Waals surface area contributed by atoms with Gasteiger partial charge in [-0.1, -0.05) is 6.92 Å². The number of hydrogen-bond donors (Lipinski definition) is 0. The molecule has 0 N–H and O–H groups in total. The number of amides is 2. The summed E-state index contributed by atoms with van der Waals surface area (Å²) in [5, 5.41) is 0. The first-order valence-corrected chi connectivity index (χ1v) is 9.27. The Bertz CT molecular complexity index is 637. The van der Waals surface area contributed by atoms with Crippen LogP contribution in [0.25, 0.3) is 0 Å². The van der Waals surface area contributed by atoms with Gasteiger partial charge < -0.3 is 14.4 Å². The minimum Gasteiger partial charge on any atom is -0.340 e. The second kappa shape index (κ2) is 6.22. The van der Waals surface area contributed by atoms with E-state index in [0.717, 1.165) is 51.0 Å². The van der Waals surface area contributed by atoms with Crippen molar-refractivity contribution >= 4 is 11.8 Å². The summed E-state index contributed by atoms with van der Waals surface area (Å²) in [6.07, 6.45) is 9.52. The summed E-state index contributed by atoms with van der Waals surface area (Å²) in [4.78, 5) is 33.4. The van der Waals surface area contributed by atoms with Crippen molar-refractivity contribution in [3.8, 4) is 0 Å². The Labute approximate surface area is 142 Å². The Morgan fingerprint density at radius 3 is 2.83 bits per heavy atom. The van der Waals surface area contributed by atoms with Crippen LogP contribution >= 0.6 is 0 Å². The second-order valence-electron chi connectivity index (χ2n) is 7.36. The van der Waals surface area contributed by atoms with Crippen LogP contribution in [0.1, 0.15) is 50.9 Å². The Kier molecular flexibility index (Phi) is 4.06. The molecule has 0 radical (unpaired) electrons. The summed E-state index contributed by atoms with van der Waals surface area (Å²) in [6, 6.07) is 0.735. The van der Waals surface area contributed by atoms with Gasteiger partial charge in [-0.3, -0.25) is 9.59 Å². The summed E-state index contributed by atoms with van der Waals surface area (Å²) in [6.45, 7) is 4.31. The van der Waals surface area contributed by atoms with Gasteiger partial charge >= 0.3 is 0 Å². The van der Waals surface area contributed by atoms with Crippen molar-refractivity contribution in [2.75, 3.05) is 19.6 Å². The van der Waals surface area contributed by atoms with Crippen LogP contribution in [0.3, 0.4) is 0 Å². The molecule has 3 aliphatic rings. The first-order valence-electron chi connectivity index (χ1n) is 9.27. The van der Waals surface area contributed by atoms with E-state index in [2.05, 4.69) is 16.5 Å². The van der Waals surface area contributed by atoms with Crippen molar-refractivity contribution in [1.29, 1.82) is 0 Å². The Hall–Kier alpha value is -1.85. The summed E-state index contributed by atoms with van der Waals surface area (Å²) < 4.78 is 2.23. The highest BCUT2D eigenvalue weighted by Gasteiger charge is 2.43. The monoisotopic (exact) mass is 330 g/mol. The first kappa shape index (κ1) is 15.7. The molecule has 3 heterocycles. The summed E-state index contributed by atoms with van der Waals surface area (Å²) in [7, 11) is 0. The van der Waals surface area contributed by atoms with Gasteiger partial charge in [0.25, 0.3) is 0 Å². The minimum absolute atomic E-state index is 0.134. The summed E-state index contributed by atoms with van der Waals surface area (Å²) in [5.41, 5.74) is 0. The number of carbonyl (C=O) groups is 2. The maximum Gasteiger partial charge on any atom is 0.228 e. The third kappa shape index (κ3) is 2.82. The number of carbonyl (C=O) groups excluding carboxylic acids is 2. The van der Waals surface area contributed by atoms with E-state index in [9.17, 15) is 9.59 Å². The molecule has 4 rings (SSSR count). The minimum atomic E-state index is -0.134. The van der Waals surface area contributed by atoms with Crippen LogP contribution in [0.5, 0.6) is 0 Å². The number of likely N-dealkylation sites (tertiary alicyclic amines) is 2. The van der Waals surface area contributed by atoms with E-state index in [1.807, 2.05) is 22.2 Å². The maximum atomic E-state index is 12.9. The van der Waals surface area contributed by atoms with Gasteiger partial charge in [0.2, 0.25) is 11.8 Å². The maximum absolute atomic E-state index is 12.9. The molecular weight excluding hydrogens is 304 g/mol. The normalized spacial score (nSPS) is 27.8. The third-order valence-corrected chi connectivity index (χ3v) is 5.66. The molecule has 2 atom stereocenters. The third-order valence-electron chi connectivity index (χ3n) is 5.66. The van der Waals surface area contributed by atoms with Crippen LogP contribution in [-0.4, -0.2) is 56.8 Å².